The summed E-state index contributed by atoms with van der Waals surface area (Å²) in [5.74, 6) is -0.327. The van der Waals surface area contributed by atoms with Crippen molar-refractivity contribution in [1.82, 2.24) is 9.55 Å². The van der Waals surface area contributed by atoms with E-state index in [1.165, 1.54) is 10.8 Å². The maximum absolute atomic E-state index is 12.7. The predicted octanol–water partition coefficient (Wildman–Crippen LogP) is 2.72. The van der Waals surface area contributed by atoms with Crippen molar-refractivity contribution in [2.75, 3.05) is 0 Å². The molecule has 0 fully saturated rings. The Morgan fingerprint density at radius 3 is 2.08 bits per heavy atom. The molecule has 0 saturated carbocycles. The molecular formula is C21H15N3O2. The molecule has 1 aliphatic carbocycles. The van der Waals surface area contributed by atoms with E-state index in [2.05, 4.69) is 4.98 Å². The molecule has 2 aromatic carbocycles. The Hall–Kier alpha value is -3.65. The molecule has 1 aromatic heterocycles. The van der Waals surface area contributed by atoms with Gasteiger partial charge in [0.05, 0.1) is 6.07 Å². The van der Waals surface area contributed by atoms with Gasteiger partial charge in [0, 0.05) is 17.7 Å². The van der Waals surface area contributed by atoms with Gasteiger partial charge in [-0.2, -0.15) is 5.26 Å². The van der Waals surface area contributed by atoms with Crippen molar-refractivity contribution < 1.29 is 0 Å². The number of nitrogens with one attached hydrogen (secondary N) is 1. The lowest BCUT2D eigenvalue weighted by atomic mass is 9.83. The average Bonchev–Trinajstić information content (AvgIpc) is 2.81. The van der Waals surface area contributed by atoms with Crippen LogP contribution in [0.3, 0.4) is 0 Å². The predicted molar refractivity (Wildman–Crippen MR) is 99.7 cm³/mol. The summed E-state index contributed by atoms with van der Waals surface area (Å²) < 4.78 is 1.24. The lowest BCUT2D eigenvalue weighted by Gasteiger charge is -2.20. The van der Waals surface area contributed by atoms with E-state index >= 15 is 0 Å². The summed E-state index contributed by atoms with van der Waals surface area (Å²) in [6, 6.07) is 17.7. The fourth-order valence-electron chi connectivity index (χ4n) is 3.46. The molecule has 5 nitrogen and oxygen atoms in total. The Morgan fingerprint density at radius 2 is 1.50 bits per heavy atom. The Bertz CT molecular complexity index is 1130. The summed E-state index contributed by atoms with van der Waals surface area (Å²) in [5.41, 5.74) is 3.46. The van der Waals surface area contributed by atoms with Crippen molar-refractivity contribution >= 4 is 12.2 Å². The third-order valence-corrected chi connectivity index (χ3v) is 4.65. The van der Waals surface area contributed by atoms with Gasteiger partial charge in [0.15, 0.2) is 0 Å². The lowest BCUT2D eigenvalue weighted by Crippen LogP contribution is -2.33. The van der Waals surface area contributed by atoms with E-state index < -0.39 is 11.2 Å². The van der Waals surface area contributed by atoms with Crippen LogP contribution in [-0.4, -0.2) is 9.55 Å². The molecule has 0 aliphatic heterocycles. The van der Waals surface area contributed by atoms with Crippen LogP contribution in [0.15, 0.2) is 64.3 Å². The fraction of sp³-hybridized carbons (Fsp3) is 0.0952. The molecule has 1 aliphatic rings. The average molecular weight is 341 g/mol. The Morgan fingerprint density at radius 1 is 0.923 bits per heavy atom. The summed E-state index contributed by atoms with van der Waals surface area (Å²) >= 11 is 0. The van der Waals surface area contributed by atoms with E-state index in [0.29, 0.717) is 5.56 Å². The first-order valence-electron chi connectivity index (χ1n) is 8.25. The molecule has 1 N–H and O–H groups in total. The van der Waals surface area contributed by atoms with E-state index in [0.717, 1.165) is 22.3 Å². The highest BCUT2D eigenvalue weighted by atomic mass is 16.2. The fourth-order valence-corrected chi connectivity index (χ4v) is 3.46. The van der Waals surface area contributed by atoms with Crippen LogP contribution in [0, 0.1) is 11.3 Å². The van der Waals surface area contributed by atoms with Gasteiger partial charge < -0.3 is 0 Å². The summed E-state index contributed by atoms with van der Waals surface area (Å²) in [6.07, 6.45) is 5.58. The van der Waals surface area contributed by atoms with Gasteiger partial charge in [-0.25, -0.2) is 4.79 Å². The molecule has 1 heterocycles. The molecule has 26 heavy (non-hydrogen) atoms. The molecule has 0 spiro atoms. The summed E-state index contributed by atoms with van der Waals surface area (Å²) in [6.45, 7) is -0.114. The Labute approximate surface area is 149 Å². The molecular weight excluding hydrogens is 326 g/mol. The van der Waals surface area contributed by atoms with Crippen molar-refractivity contribution in [2.24, 2.45) is 0 Å². The van der Waals surface area contributed by atoms with Gasteiger partial charge in [0.25, 0.3) is 5.56 Å². The van der Waals surface area contributed by atoms with Gasteiger partial charge in [0.2, 0.25) is 0 Å². The van der Waals surface area contributed by atoms with Gasteiger partial charge in [-0.1, -0.05) is 60.7 Å². The number of nitriles is 1. The van der Waals surface area contributed by atoms with Crippen LogP contribution < -0.4 is 11.2 Å². The number of rotatable bonds is 2. The van der Waals surface area contributed by atoms with E-state index in [-0.39, 0.29) is 12.5 Å². The van der Waals surface area contributed by atoms with E-state index in [4.69, 9.17) is 5.26 Å². The van der Waals surface area contributed by atoms with Crippen LogP contribution in [0.1, 0.15) is 33.7 Å². The highest BCUT2D eigenvalue weighted by Gasteiger charge is 2.26. The van der Waals surface area contributed by atoms with Gasteiger partial charge in [-0.05, 0) is 22.3 Å². The molecule has 5 heteroatoms. The molecule has 3 aromatic rings. The van der Waals surface area contributed by atoms with Gasteiger partial charge >= 0.3 is 5.69 Å². The van der Waals surface area contributed by atoms with Crippen LogP contribution in [0.5, 0.6) is 0 Å². The molecule has 4 rings (SSSR count). The van der Waals surface area contributed by atoms with E-state index in [1.54, 1.807) is 0 Å². The normalized spacial score (nSPS) is 12.7. The van der Waals surface area contributed by atoms with E-state index in [1.807, 2.05) is 66.8 Å². The molecule has 0 amide bonds. The minimum absolute atomic E-state index is 0.114. The number of benzene rings is 2. The zero-order chi connectivity index (χ0) is 18.1. The largest absolute Gasteiger partial charge is 0.329 e. The van der Waals surface area contributed by atoms with Gasteiger partial charge in [-0.15, -0.1) is 0 Å². The second kappa shape index (κ2) is 6.34. The number of hydrogen-bond donors (Lipinski definition) is 1. The summed E-state index contributed by atoms with van der Waals surface area (Å²) in [4.78, 5) is 27.0. The molecule has 0 radical (unpaired) electrons. The number of nitrogens with zero attached hydrogens (tertiary/aromatic N) is 2. The van der Waals surface area contributed by atoms with Crippen molar-refractivity contribution in [3.8, 4) is 6.07 Å². The first-order chi connectivity index (χ1) is 12.7. The van der Waals surface area contributed by atoms with Crippen molar-refractivity contribution in [3.05, 3.63) is 103 Å². The topological polar surface area (TPSA) is 78.7 Å². The van der Waals surface area contributed by atoms with Crippen LogP contribution >= 0.6 is 0 Å². The molecule has 0 saturated heterocycles. The second-order valence-electron chi connectivity index (χ2n) is 6.15. The quantitative estimate of drug-likeness (QED) is 0.609. The zero-order valence-corrected chi connectivity index (χ0v) is 13.8. The molecule has 0 unspecified atom stereocenters. The minimum Gasteiger partial charge on any atom is -0.286 e. The van der Waals surface area contributed by atoms with Crippen molar-refractivity contribution in [2.45, 2.75) is 12.5 Å². The van der Waals surface area contributed by atoms with Crippen molar-refractivity contribution in [3.63, 3.8) is 0 Å². The zero-order valence-electron chi connectivity index (χ0n) is 13.8. The number of hydrogen-bond acceptors (Lipinski definition) is 3. The van der Waals surface area contributed by atoms with Crippen molar-refractivity contribution in [1.29, 1.82) is 5.26 Å². The number of aromatic amines is 1. The maximum atomic E-state index is 12.7. The number of fused-ring (bicyclic) bond motifs is 2. The van der Waals surface area contributed by atoms with Crippen LogP contribution in [-0.2, 0) is 6.54 Å². The van der Waals surface area contributed by atoms with Crippen LogP contribution in [0.2, 0.25) is 0 Å². The highest BCUT2D eigenvalue weighted by molar-refractivity contribution is 5.77. The SMILES string of the molecule is N#CCn1cc(C2c3ccccc3C=Cc3ccccc32)c(=O)[nH]c1=O. The monoisotopic (exact) mass is 341 g/mol. The summed E-state index contributed by atoms with van der Waals surface area (Å²) in [7, 11) is 0. The third-order valence-electron chi connectivity index (χ3n) is 4.65. The van der Waals surface area contributed by atoms with Gasteiger partial charge in [-0.3, -0.25) is 14.3 Å². The third kappa shape index (κ3) is 2.58. The number of aromatic nitrogens is 2. The maximum Gasteiger partial charge on any atom is 0.329 e. The Kier molecular flexibility index (Phi) is 3.86. The number of H-pyrrole nitrogens is 1. The van der Waals surface area contributed by atoms with Crippen LogP contribution in [0.4, 0.5) is 0 Å². The first-order valence-corrected chi connectivity index (χ1v) is 8.25. The highest BCUT2D eigenvalue weighted by Crippen LogP contribution is 2.37. The Balaban J connectivity index is 2.05. The molecule has 0 bridgehead atoms. The smallest absolute Gasteiger partial charge is 0.286 e. The molecule has 0 atom stereocenters. The standard InChI is InChI=1S/C21H15N3O2/c22-11-12-24-13-18(20(25)23-21(24)26)19-16-7-3-1-5-14(16)9-10-15-6-2-4-8-17(15)19/h1-10,13,19H,12H2,(H,23,25,26). The van der Waals surface area contributed by atoms with Gasteiger partial charge in [0.1, 0.15) is 6.54 Å². The van der Waals surface area contributed by atoms with Crippen LogP contribution in [0.25, 0.3) is 12.2 Å². The minimum atomic E-state index is -0.575. The van der Waals surface area contributed by atoms with E-state index in [9.17, 15) is 9.59 Å². The summed E-state index contributed by atoms with van der Waals surface area (Å²) in [5, 5.41) is 8.96. The second-order valence-corrected chi connectivity index (χ2v) is 6.15. The molecule has 126 valence electrons. The first kappa shape index (κ1) is 15.9. The lowest BCUT2D eigenvalue weighted by molar-refractivity contribution is 0.720.